The van der Waals surface area contributed by atoms with E-state index in [4.69, 9.17) is 4.74 Å². The van der Waals surface area contributed by atoms with Gasteiger partial charge in [0.05, 0.1) is 0 Å². The van der Waals surface area contributed by atoms with Crippen molar-refractivity contribution in [1.82, 2.24) is 20.2 Å². The van der Waals surface area contributed by atoms with Crippen molar-refractivity contribution in [2.75, 3.05) is 6.54 Å². The molecular weight excluding hydrogens is 268 g/mol. The van der Waals surface area contributed by atoms with Gasteiger partial charge in [-0.25, -0.2) is 9.78 Å². The summed E-state index contributed by atoms with van der Waals surface area (Å²) in [4.78, 5) is 15.9. The van der Waals surface area contributed by atoms with Crippen LogP contribution in [0.1, 0.15) is 39.4 Å². The van der Waals surface area contributed by atoms with Crippen molar-refractivity contribution in [1.29, 1.82) is 0 Å². The van der Waals surface area contributed by atoms with E-state index in [1.165, 1.54) is 0 Å². The predicted molar refractivity (Wildman–Crippen MR) is 81.1 cm³/mol. The molecule has 1 aliphatic rings. The van der Waals surface area contributed by atoms with Crippen LogP contribution in [0.2, 0.25) is 0 Å². The van der Waals surface area contributed by atoms with Crippen LogP contribution in [0.25, 0.3) is 0 Å². The number of carbonyl (C=O) groups excluding carboxylic acids is 1. The molecule has 0 bridgehead atoms. The second-order valence-electron chi connectivity index (χ2n) is 6.67. The molecule has 0 aliphatic heterocycles. The van der Waals surface area contributed by atoms with Crippen molar-refractivity contribution in [2.24, 2.45) is 7.05 Å². The third-order valence-electron chi connectivity index (χ3n) is 3.56. The first-order chi connectivity index (χ1) is 9.83. The van der Waals surface area contributed by atoms with Crippen LogP contribution in [0.15, 0.2) is 12.4 Å². The lowest BCUT2D eigenvalue weighted by Crippen LogP contribution is -2.53. The van der Waals surface area contributed by atoms with Crippen molar-refractivity contribution < 1.29 is 9.53 Å². The van der Waals surface area contributed by atoms with E-state index in [0.717, 1.165) is 31.6 Å². The minimum absolute atomic E-state index is 0.227. The molecule has 0 unspecified atom stereocenters. The Balaban J connectivity index is 1.57. The average Bonchev–Trinajstić information content (AvgIpc) is 2.69. The van der Waals surface area contributed by atoms with Crippen molar-refractivity contribution >= 4 is 6.09 Å². The summed E-state index contributed by atoms with van der Waals surface area (Å²) in [5, 5.41) is 6.39. The molecule has 6 nitrogen and oxygen atoms in total. The first-order valence-corrected chi connectivity index (χ1v) is 7.52. The molecule has 1 saturated carbocycles. The van der Waals surface area contributed by atoms with Crippen molar-refractivity contribution in [3.05, 3.63) is 18.2 Å². The molecule has 2 rings (SSSR count). The molecule has 2 N–H and O–H groups in total. The van der Waals surface area contributed by atoms with E-state index in [1.807, 2.05) is 44.8 Å². The second kappa shape index (κ2) is 6.47. The van der Waals surface area contributed by atoms with Crippen LogP contribution in [0.5, 0.6) is 0 Å². The Morgan fingerprint density at radius 3 is 2.71 bits per heavy atom. The van der Waals surface area contributed by atoms with Gasteiger partial charge in [-0.2, -0.15) is 0 Å². The van der Waals surface area contributed by atoms with E-state index >= 15 is 0 Å². The molecule has 1 heterocycles. The standard InChI is InChI=1S/C15H26N4O2/c1-15(2,3)21-14(20)18-12-9-11(10-12)16-6-5-13-17-7-8-19(13)4/h7-8,11-12,16H,5-6,9-10H2,1-4H3,(H,18,20). The van der Waals surface area contributed by atoms with Gasteiger partial charge >= 0.3 is 6.09 Å². The zero-order valence-corrected chi connectivity index (χ0v) is 13.3. The van der Waals surface area contributed by atoms with Crippen LogP contribution in [-0.2, 0) is 18.2 Å². The summed E-state index contributed by atoms with van der Waals surface area (Å²) in [6, 6.07) is 0.704. The zero-order chi connectivity index (χ0) is 15.5. The maximum atomic E-state index is 11.6. The normalized spacial score (nSPS) is 21.7. The van der Waals surface area contributed by atoms with Crippen molar-refractivity contribution in [3.8, 4) is 0 Å². The Bertz CT molecular complexity index is 472. The molecule has 0 atom stereocenters. The minimum atomic E-state index is -0.437. The lowest BCUT2D eigenvalue weighted by Gasteiger charge is -2.36. The molecule has 0 spiro atoms. The maximum Gasteiger partial charge on any atom is 0.407 e. The molecule has 118 valence electrons. The number of aryl methyl sites for hydroxylation is 1. The number of ether oxygens (including phenoxy) is 1. The van der Waals surface area contributed by atoms with E-state index in [9.17, 15) is 4.79 Å². The van der Waals surface area contributed by atoms with Crippen LogP contribution in [-0.4, -0.2) is 39.9 Å². The quantitative estimate of drug-likeness (QED) is 0.865. The van der Waals surface area contributed by atoms with Crippen LogP contribution in [0.3, 0.4) is 0 Å². The van der Waals surface area contributed by atoms with Gasteiger partial charge < -0.3 is 19.9 Å². The topological polar surface area (TPSA) is 68.2 Å². The number of nitrogens with zero attached hydrogens (tertiary/aromatic N) is 2. The van der Waals surface area contributed by atoms with Crippen LogP contribution in [0.4, 0.5) is 4.79 Å². The third-order valence-corrected chi connectivity index (χ3v) is 3.56. The number of imidazole rings is 1. The van der Waals surface area contributed by atoms with Crippen molar-refractivity contribution in [3.63, 3.8) is 0 Å². The van der Waals surface area contributed by atoms with Gasteiger partial charge in [0.15, 0.2) is 0 Å². The van der Waals surface area contributed by atoms with Crippen LogP contribution in [0, 0.1) is 0 Å². The fourth-order valence-electron chi connectivity index (χ4n) is 2.40. The summed E-state index contributed by atoms with van der Waals surface area (Å²) >= 11 is 0. The predicted octanol–water partition coefficient (Wildman–Crippen LogP) is 1.61. The Hall–Kier alpha value is -1.56. The van der Waals surface area contributed by atoms with Gasteiger partial charge in [-0.05, 0) is 33.6 Å². The Morgan fingerprint density at radius 1 is 1.43 bits per heavy atom. The largest absolute Gasteiger partial charge is 0.444 e. The molecule has 1 fully saturated rings. The number of amides is 1. The number of nitrogens with one attached hydrogen (secondary N) is 2. The number of rotatable bonds is 5. The Labute approximate surface area is 126 Å². The number of alkyl carbamates (subject to hydrolysis) is 1. The number of carbonyl (C=O) groups is 1. The summed E-state index contributed by atoms with van der Waals surface area (Å²) in [5.74, 6) is 1.09. The minimum Gasteiger partial charge on any atom is -0.444 e. The van der Waals surface area contributed by atoms with Gasteiger partial charge in [0.1, 0.15) is 11.4 Å². The molecule has 1 aliphatic carbocycles. The zero-order valence-electron chi connectivity index (χ0n) is 13.3. The van der Waals surface area contributed by atoms with E-state index < -0.39 is 5.60 Å². The van der Waals surface area contributed by atoms with Crippen molar-refractivity contribution in [2.45, 2.75) is 57.7 Å². The number of hydrogen-bond acceptors (Lipinski definition) is 4. The maximum absolute atomic E-state index is 11.6. The summed E-state index contributed by atoms with van der Waals surface area (Å²) in [6.07, 6.45) is 6.29. The third kappa shape index (κ3) is 5.04. The van der Waals surface area contributed by atoms with Gasteiger partial charge in [-0.15, -0.1) is 0 Å². The van der Waals surface area contributed by atoms with Gasteiger partial charge in [-0.3, -0.25) is 0 Å². The van der Waals surface area contributed by atoms with Gasteiger partial charge in [0.25, 0.3) is 0 Å². The molecule has 21 heavy (non-hydrogen) atoms. The fourth-order valence-corrected chi connectivity index (χ4v) is 2.40. The number of hydrogen-bond donors (Lipinski definition) is 2. The first kappa shape index (κ1) is 15.8. The average molecular weight is 294 g/mol. The lowest BCUT2D eigenvalue weighted by atomic mass is 9.87. The van der Waals surface area contributed by atoms with E-state index in [-0.39, 0.29) is 12.1 Å². The molecule has 1 aromatic heterocycles. The lowest BCUT2D eigenvalue weighted by molar-refractivity contribution is 0.0465. The summed E-state index contributed by atoms with van der Waals surface area (Å²) < 4.78 is 7.28. The molecule has 1 amide bonds. The monoisotopic (exact) mass is 294 g/mol. The van der Waals surface area contributed by atoms with E-state index in [2.05, 4.69) is 15.6 Å². The first-order valence-electron chi connectivity index (χ1n) is 7.52. The van der Waals surface area contributed by atoms with Gasteiger partial charge in [0.2, 0.25) is 0 Å². The number of aromatic nitrogens is 2. The summed E-state index contributed by atoms with van der Waals surface area (Å²) in [6.45, 7) is 6.52. The smallest absolute Gasteiger partial charge is 0.407 e. The molecule has 0 aromatic carbocycles. The Kier molecular flexibility index (Phi) is 4.88. The molecule has 0 saturated heterocycles. The fraction of sp³-hybridized carbons (Fsp3) is 0.733. The molecule has 0 radical (unpaired) electrons. The van der Waals surface area contributed by atoms with Gasteiger partial charge in [-0.1, -0.05) is 0 Å². The Morgan fingerprint density at radius 2 is 2.14 bits per heavy atom. The highest BCUT2D eigenvalue weighted by Crippen LogP contribution is 2.20. The van der Waals surface area contributed by atoms with Crippen LogP contribution >= 0.6 is 0 Å². The highest BCUT2D eigenvalue weighted by atomic mass is 16.6. The highest BCUT2D eigenvalue weighted by Gasteiger charge is 2.31. The summed E-state index contributed by atoms with van der Waals surface area (Å²) in [7, 11) is 2.01. The van der Waals surface area contributed by atoms with Gasteiger partial charge in [0, 0.05) is 44.5 Å². The van der Waals surface area contributed by atoms with E-state index in [1.54, 1.807) is 0 Å². The highest BCUT2D eigenvalue weighted by molar-refractivity contribution is 5.68. The molecule has 6 heteroatoms. The SMILES string of the molecule is Cn1ccnc1CCNC1CC(NC(=O)OC(C)(C)C)C1. The van der Waals surface area contributed by atoms with Crippen LogP contribution < -0.4 is 10.6 Å². The summed E-state index contributed by atoms with van der Waals surface area (Å²) in [5.41, 5.74) is -0.437. The molecule has 1 aromatic rings. The second-order valence-corrected chi connectivity index (χ2v) is 6.67. The molecular formula is C15H26N4O2. The van der Waals surface area contributed by atoms with E-state index in [0.29, 0.717) is 6.04 Å².